The summed E-state index contributed by atoms with van der Waals surface area (Å²) in [5.41, 5.74) is 1.70. The van der Waals surface area contributed by atoms with Gasteiger partial charge in [0.15, 0.2) is 9.84 Å². The number of hydrogen-bond donors (Lipinski definition) is 0. The minimum Gasteiger partial charge on any atom is -0.398 e. The van der Waals surface area contributed by atoms with Gasteiger partial charge in [-0.15, -0.1) is 0 Å². The lowest BCUT2D eigenvalue weighted by atomic mass is 9.85. The molecular formula is C24H21F4N3O4S. The smallest absolute Gasteiger partial charge is 0.398 e. The summed E-state index contributed by atoms with van der Waals surface area (Å²) < 4.78 is 82.9. The molecule has 1 unspecified atom stereocenters. The zero-order chi connectivity index (χ0) is 25.8. The second-order valence-corrected chi connectivity index (χ2v) is 10.9. The number of anilines is 1. The Morgan fingerprint density at radius 3 is 2.36 bits per heavy atom. The number of nitrogens with zero attached hydrogens (tertiary/aromatic N) is 3. The Labute approximate surface area is 204 Å². The molecule has 7 nitrogen and oxygen atoms in total. The molecule has 1 saturated heterocycles. The van der Waals surface area contributed by atoms with Gasteiger partial charge < -0.3 is 14.2 Å². The van der Waals surface area contributed by atoms with Crippen LogP contribution in [0.5, 0.6) is 5.88 Å². The molecule has 2 aromatic carbocycles. The molecule has 36 heavy (non-hydrogen) atoms. The summed E-state index contributed by atoms with van der Waals surface area (Å²) in [6.07, 6.45) is -1.48. The third kappa shape index (κ3) is 4.23. The van der Waals surface area contributed by atoms with Crippen molar-refractivity contribution in [3.63, 3.8) is 0 Å². The molecule has 1 atom stereocenters. The summed E-state index contributed by atoms with van der Waals surface area (Å²) in [7, 11) is -3.30. The van der Waals surface area contributed by atoms with Crippen LogP contribution < -0.4 is 9.64 Å². The Hall–Kier alpha value is -3.41. The van der Waals surface area contributed by atoms with E-state index in [4.69, 9.17) is 0 Å². The van der Waals surface area contributed by atoms with Crippen LogP contribution in [0.3, 0.4) is 0 Å². The molecule has 2 aliphatic rings. The van der Waals surface area contributed by atoms with E-state index in [1.165, 1.54) is 18.5 Å². The van der Waals surface area contributed by atoms with E-state index in [0.717, 1.165) is 11.9 Å². The molecule has 2 aliphatic heterocycles. The third-order valence-electron chi connectivity index (χ3n) is 6.70. The second kappa shape index (κ2) is 8.61. The normalized spacial score (nSPS) is 18.1. The number of carbonyl (C=O) groups excluding carboxylic acids is 1. The Kier molecular flexibility index (Phi) is 5.81. The lowest BCUT2D eigenvalue weighted by Crippen LogP contribution is -2.36. The maximum atomic E-state index is 15.0. The van der Waals surface area contributed by atoms with Crippen LogP contribution in [-0.4, -0.2) is 49.5 Å². The van der Waals surface area contributed by atoms with Gasteiger partial charge in [-0.25, -0.2) is 22.6 Å². The van der Waals surface area contributed by atoms with E-state index < -0.39 is 39.7 Å². The number of hydrogen-bond acceptors (Lipinski definition) is 6. The van der Waals surface area contributed by atoms with Crippen molar-refractivity contribution in [2.75, 3.05) is 24.2 Å². The number of carbonyl (C=O) groups is 1. The molecule has 0 saturated carbocycles. The fourth-order valence-corrected chi connectivity index (χ4v) is 5.68. The van der Waals surface area contributed by atoms with Crippen molar-refractivity contribution < 1.29 is 35.5 Å². The topological polar surface area (TPSA) is 81.5 Å². The highest BCUT2D eigenvalue weighted by molar-refractivity contribution is 7.90. The molecule has 190 valence electrons. The number of esters is 1. The number of rotatable bonds is 4. The van der Waals surface area contributed by atoms with Crippen LogP contribution in [0.2, 0.25) is 0 Å². The van der Waals surface area contributed by atoms with Crippen LogP contribution >= 0.6 is 0 Å². The Balaban J connectivity index is 1.40. The van der Waals surface area contributed by atoms with Gasteiger partial charge in [-0.05, 0) is 49.1 Å². The number of benzene rings is 2. The Morgan fingerprint density at radius 1 is 1.08 bits per heavy atom. The highest BCUT2D eigenvalue weighted by Gasteiger charge is 2.44. The third-order valence-corrected chi connectivity index (χ3v) is 7.83. The van der Waals surface area contributed by atoms with E-state index in [0.29, 0.717) is 37.1 Å². The first-order valence-electron chi connectivity index (χ1n) is 11.1. The zero-order valence-electron chi connectivity index (χ0n) is 19.0. The monoisotopic (exact) mass is 523 g/mol. The largest absolute Gasteiger partial charge is 0.491 e. The van der Waals surface area contributed by atoms with Gasteiger partial charge in [-0.2, -0.15) is 13.2 Å². The van der Waals surface area contributed by atoms with Crippen molar-refractivity contribution >= 4 is 21.5 Å². The highest BCUT2D eigenvalue weighted by Crippen LogP contribution is 2.50. The van der Waals surface area contributed by atoms with Crippen LogP contribution in [0.15, 0.2) is 53.7 Å². The highest BCUT2D eigenvalue weighted by atomic mass is 32.2. The molecule has 1 aromatic heterocycles. The average Bonchev–Trinajstić information content (AvgIpc) is 3.37. The van der Waals surface area contributed by atoms with Gasteiger partial charge in [0.05, 0.1) is 17.3 Å². The first kappa shape index (κ1) is 24.3. The quantitative estimate of drug-likeness (QED) is 0.373. The molecule has 0 spiro atoms. The Bertz CT molecular complexity index is 1430. The van der Waals surface area contributed by atoms with E-state index >= 15 is 4.39 Å². The van der Waals surface area contributed by atoms with E-state index in [-0.39, 0.29) is 16.5 Å². The lowest BCUT2D eigenvalue weighted by Gasteiger charge is -2.37. The van der Waals surface area contributed by atoms with Gasteiger partial charge in [-0.1, -0.05) is 12.1 Å². The first-order chi connectivity index (χ1) is 16.9. The van der Waals surface area contributed by atoms with Gasteiger partial charge in [0.2, 0.25) is 5.88 Å². The zero-order valence-corrected chi connectivity index (χ0v) is 19.8. The number of sulfone groups is 1. The average molecular weight is 524 g/mol. The Morgan fingerprint density at radius 2 is 1.75 bits per heavy atom. The summed E-state index contributed by atoms with van der Waals surface area (Å²) in [5.74, 6) is -3.45. The predicted molar refractivity (Wildman–Crippen MR) is 122 cm³/mol. The molecule has 0 bridgehead atoms. The predicted octanol–water partition coefficient (Wildman–Crippen LogP) is 4.38. The van der Waals surface area contributed by atoms with Crippen LogP contribution in [0.1, 0.15) is 24.4 Å². The molecular weight excluding hydrogens is 502 g/mol. The van der Waals surface area contributed by atoms with E-state index in [1.807, 2.05) is 0 Å². The minimum atomic E-state index is -5.19. The maximum Gasteiger partial charge on any atom is 0.491 e. The number of halogens is 4. The first-order valence-corrected chi connectivity index (χ1v) is 13.0. The van der Waals surface area contributed by atoms with E-state index in [1.54, 1.807) is 34.9 Å². The number of aromatic nitrogens is 2. The molecule has 0 aliphatic carbocycles. The van der Waals surface area contributed by atoms with Crippen LogP contribution in [0.25, 0.3) is 11.3 Å². The van der Waals surface area contributed by atoms with E-state index in [9.17, 15) is 26.4 Å². The van der Waals surface area contributed by atoms with Crippen LogP contribution in [0, 0.1) is 11.7 Å². The number of fused-ring (bicyclic) bond motifs is 3. The number of imidazole rings is 1. The summed E-state index contributed by atoms with van der Waals surface area (Å²) >= 11 is 0. The summed E-state index contributed by atoms with van der Waals surface area (Å²) in [5, 5.41) is 0. The number of piperidine rings is 1. The van der Waals surface area contributed by atoms with Crippen LogP contribution in [0.4, 0.5) is 23.2 Å². The van der Waals surface area contributed by atoms with Gasteiger partial charge in [-0.3, -0.25) is 0 Å². The molecule has 0 N–H and O–H groups in total. The van der Waals surface area contributed by atoms with Gasteiger partial charge in [0, 0.05) is 36.2 Å². The maximum absolute atomic E-state index is 15.0. The molecule has 3 heterocycles. The second-order valence-electron chi connectivity index (χ2n) is 8.93. The van der Waals surface area contributed by atoms with Crippen molar-refractivity contribution in [1.29, 1.82) is 0 Å². The van der Waals surface area contributed by atoms with Crippen molar-refractivity contribution in [3.05, 3.63) is 60.2 Å². The lowest BCUT2D eigenvalue weighted by molar-refractivity contribution is -0.189. The summed E-state index contributed by atoms with van der Waals surface area (Å²) in [4.78, 5) is 17.7. The van der Waals surface area contributed by atoms with Gasteiger partial charge >= 0.3 is 12.1 Å². The van der Waals surface area contributed by atoms with Crippen molar-refractivity contribution in [1.82, 2.24) is 9.55 Å². The van der Waals surface area contributed by atoms with Crippen molar-refractivity contribution in [2.24, 2.45) is 5.92 Å². The number of alkyl halides is 3. The standard InChI is InChI=1S/C24H21F4N3O4S/c1-36(33,34)16-7-5-15(6-8-16)30-11-9-14(10-12-30)20-19-17(3-2-4-18(19)25)21-22(29-13-31(20)21)35-23(32)24(26,27)28/h2-8,13-14,20H,9-12H2,1H3. The van der Waals surface area contributed by atoms with Crippen LogP contribution in [-0.2, 0) is 14.6 Å². The van der Waals surface area contributed by atoms with Gasteiger partial charge in [0.25, 0.3) is 0 Å². The molecule has 5 rings (SSSR count). The number of ether oxygens (including phenoxy) is 1. The fourth-order valence-electron chi connectivity index (χ4n) is 5.05. The van der Waals surface area contributed by atoms with E-state index in [2.05, 4.69) is 14.6 Å². The molecule has 1 fully saturated rings. The van der Waals surface area contributed by atoms with Crippen molar-refractivity contribution in [2.45, 2.75) is 30.0 Å². The molecule has 12 heteroatoms. The summed E-state index contributed by atoms with van der Waals surface area (Å²) in [6, 6.07) is 10.4. The summed E-state index contributed by atoms with van der Waals surface area (Å²) in [6.45, 7) is 1.23. The molecule has 0 radical (unpaired) electrons. The van der Waals surface area contributed by atoms with Gasteiger partial charge in [0.1, 0.15) is 11.5 Å². The fraction of sp³-hybridized carbons (Fsp3) is 0.333. The molecule has 3 aromatic rings. The molecule has 0 amide bonds. The minimum absolute atomic E-state index is 0.0613. The SMILES string of the molecule is CS(=O)(=O)c1ccc(N2CCC(C3c4c(F)cccc4-c4c(OC(=O)C(F)(F)F)ncn43)CC2)cc1. The van der Waals surface area contributed by atoms with Crippen molar-refractivity contribution in [3.8, 4) is 17.1 Å².